The molecule has 0 amide bonds. The summed E-state index contributed by atoms with van der Waals surface area (Å²) in [5, 5.41) is 27.5. The molecule has 0 saturated heterocycles. The van der Waals surface area contributed by atoms with Gasteiger partial charge in [0.2, 0.25) is 5.95 Å². The fourth-order valence-corrected chi connectivity index (χ4v) is 5.14. The molecule has 37 heavy (non-hydrogen) atoms. The molecule has 0 bridgehead atoms. The van der Waals surface area contributed by atoms with E-state index < -0.39 is 11.9 Å². The SMILES string of the molecule is C[C@H](Nc1ncc(F)c(-c2cnc3c(Cl)cccn23)n1)c1ccc([C@H](O)CNC2(CO)CCCC2)cc1. The van der Waals surface area contributed by atoms with Crippen LogP contribution in [0.3, 0.4) is 0 Å². The molecule has 1 aliphatic rings. The van der Waals surface area contributed by atoms with E-state index in [4.69, 9.17) is 11.6 Å². The van der Waals surface area contributed by atoms with Crippen LogP contribution in [0, 0.1) is 5.82 Å². The van der Waals surface area contributed by atoms with Gasteiger partial charge in [-0.15, -0.1) is 0 Å². The van der Waals surface area contributed by atoms with E-state index in [9.17, 15) is 14.6 Å². The Bertz CT molecular complexity index is 1370. The molecule has 3 aromatic heterocycles. The van der Waals surface area contributed by atoms with Crippen molar-refractivity contribution in [1.82, 2.24) is 24.7 Å². The van der Waals surface area contributed by atoms with E-state index in [-0.39, 0.29) is 29.8 Å². The molecule has 0 aliphatic heterocycles. The van der Waals surface area contributed by atoms with Crippen molar-refractivity contribution in [3.05, 3.63) is 77.0 Å². The molecule has 5 rings (SSSR count). The molecule has 0 unspecified atom stereocenters. The van der Waals surface area contributed by atoms with Gasteiger partial charge in [0.05, 0.1) is 41.9 Å². The third-order valence-electron chi connectivity index (χ3n) is 7.18. The number of aromatic nitrogens is 4. The van der Waals surface area contributed by atoms with E-state index >= 15 is 0 Å². The zero-order valence-electron chi connectivity index (χ0n) is 20.5. The summed E-state index contributed by atoms with van der Waals surface area (Å²) < 4.78 is 16.4. The summed E-state index contributed by atoms with van der Waals surface area (Å²) in [5.41, 5.74) is 2.59. The third-order valence-corrected chi connectivity index (χ3v) is 7.47. The molecule has 10 heteroatoms. The maximum Gasteiger partial charge on any atom is 0.223 e. The minimum absolute atomic E-state index is 0.0833. The molecule has 1 aromatic carbocycles. The number of hydrogen-bond donors (Lipinski definition) is 4. The second-order valence-electron chi connectivity index (χ2n) is 9.66. The maximum absolute atomic E-state index is 14.7. The number of nitrogens with one attached hydrogen (secondary N) is 2. The average Bonchev–Trinajstić information content (AvgIpc) is 3.57. The lowest BCUT2D eigenvalue weighted by Crippen LogP contribution is -2.47. The van der Waals surface area contributed by atoms with Crippen LogP contribution in [0.15, 0.2) is 55.0 Å². The highest BCUT2D eigenvalue weighted by atomic mass is 35.5. The number of pyridine rings is 1. The van der Waals surface area contributed by atoms with E-state index in [1.165, 1.54) is 6.20 Å². The smallest absolute Gasteiger partial charge is 0.223 e. The quantitative estimate of drug-likeness (QED) is 0.252. The van der Waals surface area contributed by atoms with Crippen molar-refractivity contribution >= 4 is 23.2 Å². The molecule has 8 nitrogen and oxygen atoms in total. The van der Waals surface area contributed by atoms with Crippen LogP contribution in [-0.4, -0.2) is 48.3 Å². The Labute approximate surface area is 219 Å². The number of β-amino-alcohol motifs (C(OH)–C–C–N with tert-alkyl or cyclic N) is 1. The lowest BCUT2D eigenvalue weighted by molar-refractivity contribution is 0.122. The van der Waals surface area contributed by atoms with Gasteiger partial charge in [0.15, 0.2) is 11.5 Å². The number of aliphatic hydroxyl groups is 2. The fraction of sp³-hybridized carbons (Fsp3) is 0.370. The van der Waals surface area contributed by atoms with Gasteiger partial charge in [-0.2, -0.15) is 0 Å². The predicted octanol–water partition coefficient (Wildman–Crippen LogP) is 4.69. The van der Waals surface area contributed by atoms with Gasteiger partial charge in [-0.05, 0) is 43.0 Å². The highest BCUT2D eigenvalue weighted by Gasteiger charge is 2.33. The van der Waals surface area contributed by atoms with Gasteiger partial charge >= 0.3 is 0 Å². The normalized spacial score (nSPS) is 16.7. The molecule has 4 N–H and O–H groups in total. The van der Waals surface area contributed by atoms with Gasteiger partial charge in [-0.25, -0.2) is 19.3 Å². The number of aliphatic hydroxyl groups excluding tert-OH is 2. The Morgan fingerprint density at radius 3 is 2.57 bits per heavy atom. The Morgan fingerprint density at radius 2 is 1.84 bits per heavy atom. The van der Waals surface area contributed by atoms with Gasteiger partial charge in [0.25, 0.3) is 0 Å². The van der Waals surface area contributed by atoms with Crippen LogP contribution in [0.25, 0.3) is 17.0 Å². The van der Waals surface area contributed by atoms with Gasteiger partial charge in [-0.3, -0.25) is 4.40 Å². The second-order valence-corrected chi connectivity index (χ2v) is 10.1. The monoisotopic (exact) mass is 524 g/mol. The standard InChI is InChI=1S/C27H30ClFN6O2/c1-17(18-6-8-19(9-7-18)23(37)15-32-27(16-36)10-2-3-11-27)33-26-31-13-21(29)24(34-26)22-14-30-25-20(28)5-4-12-35(22)25/h4-9,12-14,17,23,32,36-37H,2-3,10-11,15-16H2,1H3,(H,31,33,34)/t17-,23+/m0/s1. The fourth-order valence-electron chi connectivity index (χ4n) is 4.93. The van der Waals surface area contributed by atoms with E-state index in [0.717, 1.165) is 43.0 Å². The van der Waals surface area contributed by atoms with Crippen molar-refractivity contribution in [2.45, 2.75) is 50.3 Å². The van der Waals surface area contributed by atoms with Gasteiger partial charge in [-0.1, -0.05) is 48.7 Å². The molecule has 0 spiro atoms. The predicted molar refractivity (Wildman–Crippen MR) is 141 cm³/mol. The van der Waals surface area contributed by atoms with Crippen molar-refractivity contribution in [2.75, 3.05) is 18.5 Å². The van der Waals surface area contributed by atoms with Crippen molar-refractivity contribution in [1.29, 1.82) is 0 Å². The molecule has 2 atom stereocenters. The summed E-state index contributed by atoms with van der Waals surface area (Å²) in [6, 6.07) is 11.0. The first-order chi connectivity index (χ1) is 17.9. The number of fused-ring (bicyclic) bond motifs is 1. The molecule has 4 aromatic rings. The molecule has 3 heterocycles. The minimum Gasteiger partial charge on any atom is -0.394 e. The Morgan fingerprint density at radius 1 is 1.11 bits per heavy atom. The number of imidazole rings is 1. The van der Waals surface area contributed by atoms with Gasteiger partial charge < -0.3 is 20.8 Å². The molecule has 194 valence electrons. The Balaban J connectivity index is 1.27. The van der Waals surface area contributed by atoms with Crippen LogP contribution in [0.4, 0.5) is 10.3 Å². The van der Waals surface area contributed by atoms with Crippen molar-refractivity contribution in [3.8, 4) is 11.4 Å². The Kier molecular flexibility index (Phi) is 7.39. The zero-order valence-corrected chi connectivity index (χ0v) is 21.3. The van der Waals surface area contributed by atoms with Crippen LogP contribution in [0.1, 0.15) is 55.9 Å². The van der Waals surface area contributed by atoms with Crippen LogP contribution >= 0.6 is 11.6 Å². The van der Waals surface area contributed by atoms with Crippen LogP contribution in [-0.2, 0) is 0 Å². The zero-order chi connectivity index (χ0) is 26.0. The highest BCUT2D eigenvalue weighted by Crippen LogP contribution is 2.30. The van der Waals surface area contributed by atoms with Gasteiger partial charge in [0, 0.05) is 18.3 Å². The average molecular weight is 525 g/mol. The molecular formula is C27H30ClFN6O2. The maximum atomic E-state index is 14.7. The second kappa shape index (κ2) is 10.7. The highest BCUT2D eigenvalue weighted by molar-refractivity contribution is 6.33. The first-order valence-corrected chi connectivity index (χ1v) is 12.8. The number of rotatable bonds is 9. The summed E-state index contributed by atoms with van der Waals surface area (Å²) in [5.74, 6) is -0.285. The van der Waals surface area contributed by atoms with Crippen molar-refractivity contribution in [3.63, 3.8) is 0 Å². The number of halogens is 2. The summed E-state index contributed by atoms with van der Waals surface area (Å²) in [7, 11) is 0. The minimum atomic E-state index is -0.677. The summed E-state index contributed by atoms with van der Waals surface area (Å²) >= 11 is 6.20. The van der Waals surface area contributed by atoms with Crippen LogP contribution < -0.4 is 10.6 Å². The number of benzene rings is 1. The summed E-state index contributed by atoms with van der Waals surface area (Å²) in [6.45, 7) is 2.42. The first kappa shape index (κ1) is 25.5. The topological polar surface area (TPSA) is 108 Å². The van der Waals surface area contributed by atoms with E-state index in [1.807, 2.05) is 31.2 Å². The van der Waals surface area contributed by atoms with E-state index in [2.05, 4.69) is 25.6 Å². The summed E-state index contributed by atoms with van der Waals surface area (Å²) in [4.78, 5) is 12.8. The lowest BCUT2D eigenvalue weighted by atomic mass is 9.97. The number of anilines is 1. The number of nitrogens with zero attached hydrogens (tertiary/aromatic N) is 4. The van der Waals surface area contributed by atoms with Crippen LogP contribution in [0.2, 0.25) is 5.02 Å². The van der Waals surface area contributed by atoms with E-state index in [1.54, 1.807) is 22.7 Å². The third kappa shape index (κ3) is 5.31. The summed E-state index contributed by atoms with van der Waals surface area (Å²) in [6.07, 6.45) is 7.79. The van der Waals surface area contributed by atoms with Gasteiger partial charge in [0.1, 0.15) is 5.69 Å². The van der Waals surface area contributed by atoms with E-state index in [0.29, 0.717) is 22.9 Å². The van der Waals surface area contributed by atoms with Crippen LogP contribution in [0.5, 0.6) is 0 Å². The first-order valence-electron chi connectivity index (χ1n) is 12.4. The molecular weight excluding hydrogens is 495 g/mol. The molecule has 0 radical (unpaired) electrons. The molecule has 1 fully saturated rings. The van der Waals surface area contributed by atoms with Crippen molar-refractivity contribution in [2.24, 2.45) is 0 Å². The Hall–Kier alpha value is -3.11. The molecule has 1 aliphatic carbocycles. The largest absolute Gasteiger partial charge is 0.394 e. The van der Waals surface area contributed by atoms with Crippen molar-refractivity contribution < 1.29 is 14.6 Å². The number of hydrogen-bond acceptors (Lipinski definition) is 7. The molecule has 1 saturated carbocycles. The lowest BCUT2D eigenvalue weighted by Gasteiger charge is -2.29.